The smallest absolute Gasteiger partial charge is 0.280 e. The Hall–Kier alpha value is -1.93. The second kappa shape index (κ2) is 5.36. The zero-order chi connectivity index (χ0) is 16.0. The maximum atomic E-state index is 11.9. The number of aliphatic hydroxyl groups excluding tert-OH is 2. The van der Waals surface area contributed by atoms with Gasteiger partial charge in [0, 0.05) is 18.6 Å². The molecule has 2 aromatic heterocycles. The summed E-state index contributed by atoms with van der Waals surface area (Å²) in [7, 11) is 0. The van der Waals surface area contributed by atoms with E-state index in [1.54, 1.807) is 6.33 Å². The molecular formula is C14H21N5O3. The van der Waals surface area contributed by atoms with E-state index in [0.717, 1.165) is 0 Å². The summed E-state index contributed by atoms with van der Waals surface area (Å²) in [5.74, 6) is 0.239. The molecule has 8 heteroatoms. The van der Waals surface area contributed by atoms with Gasteiger partial charge in [0.05, 0.1) is 12.4 Å². The lowest BCUT2D eigenvalue weighted by atomic mass is 9.70. The van der Waals surface area contributed by atoms with E-state index in [1.165, 1.54) is 0 Å². The van der Waals surface area contributed by atoms with Crippen LogP contribution < -0.4 is 11.3 Å². The van der Waals surface area contributed by atoms with Gasteiger partial charge in [-0.3, -0.25) is 9.78 Å². The molecule has 2 aromatic rings. The predicted molar refractivity (Wildman–Crippen MR) is 81.1 cm³/mol. The van der Waals surface area contributed by atoms with Gasteiger partial charge in [-0.25, -0.2) is 4.98 Å². The average molecular weight is 307 g/mol. The van der Waals surface area contributed by atoms with Crippen molar-refractivity contribution in [2.45, 2.75) is 32.4 Å². The first-order chi connectivity index (χ1) is 10.4. The maximum absolute atomic E-state index is 11.9. The lowest BCUT2D eigenvalue weighted by Gasteiger charge is -2.42. The number of rotatable bonds is 2. The van der Waals surface area contributed by atoms with Crippen LogP contribution in [0.4, 0.5) is 5.95 Å². The van der Waals surface area contributed by atoms with Crippen molar-refractivity contribution in [1.29, 1.82) is 0 Å². The molecule has 2 heterocycles. The lowest BCUT2D eigenvalue weighted by molar-refractivity contribution is -0.0381. The van der Waals surface area contributed by atoms with Gasteiger partial charge in [0.15, 0.2) is 11.2 Å². The standard InChI is InChI=1S/C14H21N5O3/c1-6-7(2)9(3-10(21)8(6)4-20)19-5-16-11-12(19)17-14(15)18-13(11)22/h5-10,20-21H,3-4H2,1-2H3,(H3,15,17,18,22). The van der Waals surface area contributed by atoms with Gasteiger partial charge in [-0.2, -0.15) is 4.98 Å². The number of fused-ring (bicyclic) bond motifs is 1. The fraction of sp³-hybridized carbons (Fsp3) is 0.643. The second-order valence-electron chi connectivity index (χ2n) is 6.21. The van der Waals surface area contributed by atoms with E-state index >= 15 is 0 Å². The molecule has 0 spiro atoms. The minimum Gasteiger partial charge on any atom is -0.396 e. The van der Waals surface area contributed by atoms with Gasteiger partial charge in [-0.15, -0.1) is 0 Å². The number of aromatic amines is 1. The van der Waals surface area contributed by atoms with Gasteiger partial charge in [0.1, 0.15) is 0 Å². The predicted octanol–water partition coefficient (Wildman–Crippen LogP) is -0.112. The van der Waals surface area contributed by atoms with Crippen molar-refractivity contribution in [2.75, 3.05) is 12.3 Å². The Labute approximate surface area is 127 Å². The Morgan fingerprint density at radius 3 is 2.86 bits per heavy atom. The van der Waals surface area contributed by atoms with E-state index in [4.69, 9.17) is 5.73 Å². The SMILES string of the molecule is CC1C(C)C(n2cnc3c(=O)[nH]c(N)nc32)CC(O)C1CO. The van der Waals surface area contributed by atoms with Gasteiger partial charge in [-0.1, -0.05) is 13.8 Å². The van der Waals surface area contributed by atoms with E-state index in [2.05, 4.69) is 21.9 Å². The monoisotopic (exact) mass is 307 g/mol. The molecule has 3 rings (SSSR count). The first-order valence-electron chi connectivity index (χ1n) is 7.45. The molecular weight excluding hydrogens is 286 g/mol. The van der Waals surface area contributed by atoms with Crippen LogP contribution in [0.15, 0.2) is 11.1 Å². The van der Waals surface area contributed by atoms with E-state index in [0.29, 0.717) is 12.1 Å². The van der Waals surface area contributed by atoms with Crippen molar-refractivity contribution >= 4 is 17.1 Å². The van der Waals surface area contributed by atoms with Crippen molar-refractivity contribution in [1.82, 2.24) is 19.5 Å². The summed E-state index contributed by atoms with van der Waals surface area (Å²) in [6.07, 6.45) is 1.46. The molecule has 0 saturated heterocycles. The number of nitrogen functional groups attached to an aromatic ring is 1. The maximum Gasteiger partial charge on any atom is 0.280 e. The third kappa shape index (κ3) is 2.19. The summed E-state index contributed by atoms with van der Waals surface area (Å²) in [4.78, 5) is 22.6. The Morgan fingerprint density at radius 2 is 2.18 bits per heavy atom. The van der Waals surface area contributed by atoms with Crippen LogP contribution in [0.25, 0.3) is 11.2 Å². The summed E-state index contributed by atoms with van der Waals surface area (Å²) in [5.41, 5.74) is 5.93. The van der Waals surface area contributed by atoms with Crippen LogP contribution in [0, 0.1) is 17.8 Å². The van der Waals surface area contributed by atoms with Crippen molar-refractivity contribution in [2.24, 2.45) is 17.8 Å². The van der Waals surface area contributed by atoms with Crippen LogP contribution in [0.1, 0.15) is 26.3 Å². The van der Waals surface area contributed by atoms with Crippen molar-refractivity contribution in [3.05, 3.63) is 16.7 Å². The number of imidazole rings is 1. The highest BCUT2D eigenvalue weighted by atomic mass is 16.3. The number of nitrogens with two attached hydrogens (primary N) is 1. The normalized spacial score (nSPS) is 32.5. The quantitative estimate of drug-likeness (QED) is 0.612. The molecule has 0 radical (unpaired) electrons. The number of H-pyrrole nitrogens is 1. The lowest BCUT2D eigenvalue weighted by Crippen LogP contribution is -2.43. The third-order valence-electron chi connectivity index (χ3n) is 5.11. The van der Waals surface area contributed by atoms with Crippen LogP contribution in [-0.2, 0) is 0 Å². The van der Waals surface area contributed by atoms with Crippen LogP contribution in [-0.4, -0.2) is 42.4 Å². The van der Waals surface area contributed by atoms with Crippen LogP contribution in [0.2, 0.25) is 0 Å². The first-order valence-corrected chi connectivity index (χ1v) is 7.45. The van der Waals surface area contributed by atoms with Gasteiger partial charge >= 0.3 is 0 Å². The van der Waals surface area contributed by atoms with E-state index < -0.39 is 6.10 Å². The number of nitrogens with zero attached hydrogens (tertiary/aromatic N) is 3. The van der Waals surface area contributed by atoms with Gasteiger partial charge < -0.3 is 20.5 Å². The Bertz CT molecular complexity index is 740. The Morgan fingerprint density at radius 1 is 1.45 bits per heavy atom. The number of hydrogen-bond donors (Lipinski definition) is 4. The highest BCUT2D eigenvalue weighted by molar-refractivity contribution is 5.70. The Balaban J connectivity index is 2.06. The molecule has 1 aliphatic rings. The Kier molecular flexibility index (Phi) is 3.65. The molecule has 1 saturated carbocycles. The molecule has 1 fully saturated rings. The summed E-state index contributed by atoms with van der Waals surface area (Å²) >= 11 is 0. The summed E-state index contributed by atoms with van der Waals surface area (Å²) < 4.78 is 1.82. The molecule has 0 amide bonds. The summed E-state index contributed by atoms with van der Waals surface area (Å²) in [6.45, 7) is 4.07. The van der Waals surface area contributed by atoms with Gasteiger partial charge in [-0.05, 0) is 18.3 Å². The van der Waals surface area contributed by atoms with E-state index in [1.807, 2.05) is 11.5 Å². The summed E-state index contributed by atoms with van der Waals surface area (Å²) in [6, 6.07) is -0.0495. The average Bonchev–Trinajstić information content (AvgIpc) is 2.87. The van der Waals surface area contributed by atoms with Crippen molar-refractivity contribution in [3.8, 4) is 0 Å². The number of nitrogens with one attached hydrogen (secondary N) is 1. The highest BCUT2D eigenvalue weighted by Crippen LogP contribution is 2.41. The second-order valence-corrected chi connectivity index (χ2v) is 6.21. The molecule has 0 bridgehead atoms. The van der Waals surface area contributed by atoms with Crippen molar-refractivity contribution in [3.63, 3.8) is 0 Å². The van der Waals surface area contributed by atoms with E-state index in [9.17, 15) is 15.0 Å². The molecule has 22 heavy (non-hydrogen) atoms. The topological polar surface area (TPSA) is 130 Å². The molecule has 0 aromatic carbocycles. The molecule has 120 valence electrons. The van der Waals surface area contributed by atoms with Crippen LogP contribution in [0.5, 0.6) is 0 Å². The summed E-state index contributed by atoms with van der Waals surface area (Å²) in [5, 5.41) is 19.8. The van der Waals surface area contributed by atoms with Gasteiger partial charge in [0.2, 0.25) is 5.95 Å². The number of hydrogen-bond acceptors (Lipinski definition) is 6. The molecule has 5 N–H and O–H groups in total. The molecule has 5 atom stereocenters. The number of anilines is 1. The van der Waals surface area contributed by atoms with Crippen LogP contribution in [0.3, 0.4) is 0 Å². The molecule has 1 aliphatic carbocycles. The minimum absolute atomic E-state index is 0.0328. The zero-order valence-corrected chi connectivity index (χ0v) is 12.6. The van der Waals surface area contributed by atoms with Crippen LogP contribution >= 0.6 is 0 Å². The highest BCUT2D eigenvalue weighted by Gasteiger charge is 2.40. The molecule has 5 unspecified atom stereocenters. The number of aliphatic hydroxyl groups is 2. The van der Waals surface area contributed by atoms with E-state index in [-0.39, 0.29) is 47.4 Å². The fourth-order valence-corrected chi connectivity index (χ4v) is 3.57. The largest absolute Gasteiger partial charge is 0.396 e. The molecule has 0 aliphatic heterocycles. The van der Waals surface area contributed by atoms with Crippen molar-refractivity contribution < 1.29 is 10.2 Å². The minimum atomic E-state index is -0.599. The molecule has 8 nitrogen and oxygen atoms in total. The third-order valence-corrected chi connectivity index (χ3v) is 5.11. The fourth-order valence-electron chi connectivity index (χ4n) is 3.57. The zero-order valence-electron chi connectivity index (χ0n) is 12.6. The first kappa shape index (κ1) is 15.0. The number of aromatic nitrogens is 4. The van der Waals surface area contributed by atoms with Gasteiger partial charge in [0.25, 0.3) is 5.56 Å².